The molecule has 6 heteroatoms. The summed E-state index contributed by atoms with van der Waals surface area (Å²) >= 11 is 3.45. The summed E-state index contributed by atoms with van der Waals surface area (Å²) in [6.45, 7) is 0. The molecule has 0 saturated carbocycles. The second-order valence-corrected chi connectivity index (χ2v) is 5.04. The highest BCUT2D eigenvalue weighted by Gasteiger charge is 2.10. The minimum Gasteiger partial charge on any atom is -0.409 e. The van der Waals surface area contributed by atoms with Crippen LogP contribution in [0.25, 0.3) is 0 Å². The van der Waals surface area contributed by atoms with Gasteiger partial charge in [-0.05, 0) is 58.4 Å². The van der Waals surface area contributed by atoms with E-state index in [0.717, 1.165) is 15.8 Å². The Morgan fingerprint density at radius 3 is 2.45 bits per heavy atom. The quantitative estimate of drug-likeness (QED) is 0.390. The summed E-state index contributed by atoms with van der Waals surface area (Å²) in [5.41, 5.74) is 7.88. The minimum atomic E-state index is -0.275. The summed E-state index contributed by atoms with van der Waals surface area (Å²) in [5.74, 6) is -0.231. The normalized spacial score (nSPS) is 11.4. The molecule has 104 valence electrons. The Morgan fingerprint density at radius 2 is 1.90 bits per heavy atom. The minimum absolute atomic E-state index is 0.0432. The fourth-order valence-electron chi connectivity index (χ4n) is 1.80. The van der Waals surface area contributed by atoms with Gasteiger partial charge in [0.05, 0.1) is 5.69 Å². The van der Waals surface area contributed by atoms with Gasteiger partial charge in [0.1, 0.15) is 5.82 Å². The predicted octanol–water partition coefficient (Wildman–Crippen LogP) is 3.45. The second-order valence-electron chi connectivity index (χ2n) is 4.19. The maximum absolute atomic E-state index is 12.9. The van der Waals surface area contributed by atoms with E-state index < -0.39 is 0 Å². The fraction of sp³-hybridized carbons (Fsp3) is 0.0714. The van der Waals surface area contributed by atoms with Crippen molar-refractivity contribution < 1.29 is 9.60 Å². The summed E-state index contributed by atoms with van der Waals surface area (Å²) in [5, 5.41) is 11.6. The van der Waals surface area contributed by atoms with Gasteiger partial charge in [0.15, 0.2) is 5.84 Å². The molecule has 0 heterocycles. The molecule has 0 unspecified atom stereocenters. The lowest BCUT2D eigenvalue weighted by Gasteiger charge is -2.21. The third kappa shape index (κ3) is 2.91. The topological polar surface area (TPSA) is 61.8 Å². The molecule has 0 bridgehead atoms. The van der Waals surface area contributed by atoms with Crippen LogP contribution in [-0.2, 0) is 0 Å². The van der Waals surface area contributed by atoms with Crippen LogP contribution in [-0.4, -0.2) is 18.1 Å². The van der Waals surface area contributed by atoms with Crippen LogP contribution in [0.3, 0.4) is 0 Å². The number of anilines is 2. The van der Waals surface area contributed by atoms with Crippen LogP contribution in [0.2, 0.25) is 0 Å². The number of amidine groups is 1. The molecule has 20 heavy (non-hydrogen) atoms. The van der Waals surface area contributed by atoms with E-state index in [2.05, 4.69) is 21.1 Å². The third-order valence-electron chi connectivity index (χ3n) is 2.93. The van der Waals surface area contributed by atoms with Crippen molar-refractivity contribution in [1.29, 1.82) is 0 Å². The Hall–Kier alpha value is -2.08. The van der Waals surface area contributed by atoms with Gasteiger partial charge in [-0.15, -0.1) is 0 Å². The van der Waals surface area contributed by atoms with Crippen molar-refractivity contribution in [2.75, 3.05) is 11.9 Å². The monoisotopic (exact) mass is 337 g/mol. The van der Waals surface area contributed by atoms with E-state index in [1.165, 1.54) is 12.1 Å². The predicted molar refractivity (Wildman–Crippen MR) is 81.1 cm³/mol. The average Bonchev–Trinajstić information content (AvgIpc) is 2.46. The molecule has 0 fully saturated rings. The lowest BCUT2D eigenvalue weighted by atomic mass is 10.1. The van der Waals surface area contributed by atoms with Gasteiger partial charge in [0.25, 0.3) is 0 Å². The van der Waals surface area contributed by atoms with Crippen molar-refractivity contribution in [3.05, 3.63) is 58.3 Å². The van der Waals surface area contributed by atoms with Crippen LogP contribution in [0.15, 0.2) is 52.1 Å². The first-order valence-electron chi connectivity index (χ1n) is 5.79. The summed E-state index contributed by atoms with van der Waals surface area (Å²) in [6, 6.07) is 11.5. The van der Waals surface area contributed by atoms with Crippen molar-refractivity contribution in [3.8, 4) is 0 Å². The van der Waals surface area contributed by atoms with Gasteiger partial charge < -0.3 is 15.8 Å². The summed E-state index contributed by atoms with van der Waals surface area (Å²) in [4.78, 5) is 1.90. The lowest BCUT2D eigenvalue weighted by molar-refractivity contribution is 0.318. The summed E-state index contributed by atoms with van der Waals surface area (Å²) < 4.78 is 13.7. The number of oxime groups is 1. The molecule has 0 saturated heterocycles. The van der Waals surface area contributed by atoms with Crippen LogP contribution < -0.4 is 10.6 Å². The number of nitrogens with zero attached hydrogens (tertiary/aromatic N) is 2. The molecule has 0 atom stereocenters. The second kappa shape index (κ2) is 5.92. The molecule has 0 spiro atoms. The molecule has 2 aromatic rings. The molecule has 0 aliphatic heterocycles. The molecule has 2 rings (SSSR count). The van der Waals surface area contributed by atoms with Gasteiger partial charge in [0.2, 0.25) is 0 Å². The van der Waals surface area contributed by atoms with E-state index >= 15 is 0 Å². The maximum Gasteiger partial charge on any atom is 0.170 e. The number of rotatable bonds is 3. The SMILES string of the molecule is CN(c1ccc(F)cc1)c1ccc(/C(N)=N/O)cc1Br. The molecular formula is C14H13BrFN3O. The van der Waals surface area contributed by atoms with E-state index in [1.807, 2.05) is 18.0 Å². The number of hydrogen-bond donors (Lipinski definition) is 2. The number of hydrogen-bond acceptors (Lipinski definition) is 3. The Morgan fingerprint density at radius 1 is 1.25 bits per heavy atom. The van der Waals surface area contributed by atoms with Crippen LogP contribution in [0.1, 0.15) is 5.56 Å². The zero-order valence-corrected chi connectivity index (χ0v) is 12.3. The van der Waals surface area contributed by atoms with Gasteiger partial charge in [0, 0.05) is 22.8 Å². The number of nitrogens with two attached hydrogens (primary N) is 1. The fourth-order valence-corrected chi connectivity index (χ4v) is 2.44. The van der Waals surface area contributed by atoms with Crippen LogP contribution in [0, 0.1) is 5.82 Å². The molecule has 3 N–H and O–H groups in total. The first-order valence-corrected chi connectivity index (χ1v) is 6.59. The molecule has 0 radical (unpaired) electrons. The highest BCUT2D eigenvalue weighted by Crippen LogP contribution is 2.31. The maximum atomic E-state index is 12.9. The molecule has 0 aliphatic rings. The van der Waals surface area contributed by atoms with Crippen molar-refractivity contribution in [2.24, 2.45) is 10.9 Å². The molecule has 4 nitrogen and oxygen atoms in total. The molecule has 2 aromatic carbocycles. The van der Waals surface area contributed by atoms with Gasteiger partial charge in [-0.25, -0.2) is 4.39 Å². The van der Waals surface area contributed by atoms with E-state index in [0.29, 0.717) is 5.56 Å². The average molecular weight is 338 g/mol. The number of halogens is 2. The van der Waals surface area contributed by atoms with E-state index in [9.17, 15) is 4.39 Å². The van der Waals surface area contributed by atoms with Gasteiger partial charge in [-0.3, -0.25) is 0 Å². The Bertz CT molecular complexity index is 643. The Labute approximate surface area is 124 Å². The van der Waals surface area contributed by atoms with Crippen molar-refractivity contribution >= 4 is 33.1 Å². The van der Waals surface area contributed by atoms with Crippen LogP contribution in [0.4, 0.5) is 15.8 Å². The highest BCUT2D eigenvalue weighted by molar-refractivity contribution is 9.10. The third-order valence-corrected chi connectivity index (χ3v) is 3.56. The largest absolute Gasteiger partial charge is 0.409 e. The Balaban J connectivity index is 2.35. The van der Waals surface area contributed by atoms with Gasteiger partial charge >= 0.3 is 0 Å². The van der Waals surface area contributed by atoms with Crippen LogP contribution >= 0.6 is 15.9 Å². The van der Waals surface area contributed by atoms with E-state index in [1.54, 1.807) is 24.3 Å². The van der Waals surface area contributed by atoms with Gasteiger partial charge in [-0.1, -0.05) is 5.16 Å². The zero-order valence-electron chi connectivity index (χ0n) is 10.7. The summed E-state index contributed by atoms with van der Waals surface area (Å²) in [7, 11) is 1.87. The molecular weight excluding hydrogens is 325 g/mol. The number of benzene rings is 2. The van der Waals surface area contributed by atoms with Gasteiger partial charge in [-0.2, -0.15) is 0 Å². The molecule has 0 aromatic heterocycles. The van der Waals surface area contributed by atoms with Crippen molar-refractivity contribution in [1.82, 2.24) is 0 Å². The van der Waals surface area contributed by atoms with Crippen molar-refractivity contribution in [2.45, 2.75) is 0 Å². The lowest BCUT2D eigenvalue weighted by Crippen LogP contribution is -2.14. The van der Waals surface area contributed by atoms with E-state index in [4.69, 9.17) is 10.9 Å². The van der Waals surface area contributed by atoms with Crippen LogP contribution in [0.5, 0.6) is 0 Å². The Kier molecular flexibility index (Phi) is 4.24. The van der Waals surface area contributed by atoms with Crippen molar-refractivity contribution in [3.63, 3.8) is 0 Å². The molecule has 0 aliphatic carbocycles. The molecule has 0 amide bonds. The first-order chi connectivity index (χ1) is 9.52. The highest BCUT2D eigenvalue weighted by atomic mass is 79.9. The summed E-state index contributed by atoms with van der Waals surface area (Å²) in [6.07, 6.45) is 0. The van der Waals surface area contributed by atoms with E-state index in [-0.39, 0.29) is 11.7 Å². The smallest absolute Gasteiger partial charge is 0.170 e. The zero-order chi connectivity index (χ0) is 14.7. The first kappa shape index (κ1) is 14.3. The standard InChI is InChI=1S/C14H13BrFN3O/c1-19(11-5-3-10(16)4-6-11)13-7-2-9(8-12(13)15)14(17)18-20/h2-8,20H,1H3,(H2,17,18).